The Bertz CT molecular complexity index is 823. The van der Waals surface area contributed by atoms with E-state index in [0.29, 0.717) is 10.8 Å². The molecule has 0 saturated carbocycles. The number of amides is 1. The molecule has 1 amide bonds. The molecule has 8 nitrogen and oxygen atoms in total. The van der Waals surface area contributed by atoms with Gasteiger partial charge < -0.3 is 15.1 Å². The van der Waals surface area contributed by atoms with Gasteiger partial charge in [0.05, 0.1) is 23.8 Å². The summed E-state index contributed by atoms with van der Waals surface area (Å²) in [5, 5.41) is 7.15. The number of hydrogen-bond donors (Lipinski definition) is 1. The van der Waals surface area contributed by atoms with Crippen LogP contribution < -0.4 is 15.8 Å². The number of halogens is 1. The Morgan fingerprint density at radius 1 is 1.23 bits per heavy atom. The average molecular weight is 377 g/mol. The van der Waals surface area contributed by atoms with Crippen LogP contribution in [-0.4, -0.2) is 58.8 Å². The molecule has 9 heteroatoms. The molecule has 1 fully saturated rings. The largest absolute Gasteiger partial charge is 0.369 e. The van der Waals surface area contributed by atoms with Crippen LogP contribution in [0.3, 0.4) is 0 Å². The smallest absolute Gasteiger partial charge is 0.269 e. The number of rotatable bonds is 4. The number of hydrogen-bond acceptors (Lipinski definition) is 6. The lowest BCUT2D eigenvalue weighted by atomic mass is 10.3. The summed E-state index contributed by atoms with van der Waals surface area (Å²) in [5.41, 5.74) is 1.01. The van der Waals surface area contributed by atoms with Crippen LogP contribution in [0.15, 0.2) is 35.4 Å². The van der Waals surface area contributed by atoms with Gasteiger partial charge in [-0.05, 0) is 32.1 Å². The highest BCUT2D eigenvalue weighted by Crippen LogP contribution is 2.13. The summed E-state index contributed by atoms with van der Waals surface area (Å²) < 4.78 is 1.14. The van der Waals surface area contributed by atoms with Crippen molar-refractivity contribution in [3.63, 3.8) is 0 Å². The Hall–Kier alpha value is -2.45. The summed E-state index contributed by atoms with van der Waals surface area (Å²) in [4.78, 5) is 32.7. The molecule has 138 valence electrons. The molecule has 1 aliphatic heterocycles. The van der Waals surface area contributed by atoms with Gasteiger partial charge in [-0.25, -0.2) is 9.67 Å². The van der Waals surface area contributed by atoms with Crippen LogP contribution >= 0.6 is 11.6 Å². The van der Waals surface area contributed by atoms with Crippen molar-refractivity contribution in [2.75, 3.05) is 43.4 Å². The minimum Gasteiger partial charge on any atom is -0.369 e. The second-order valence-corrected chi connectivity index (χ2v) is 6.66. The van der Waals surface area contributed by atoms with E-state index in [2.05, 4.69) is 32.2 Å². The SMILES string of the molecule is CN1CCCN(c2cnn(CC(=O)Nc3ccc(Cl)nc3)c(=O)c2)CC1. The Morgan fingerprint density at radius 3 is 2.81 bits per heavy atom. The lowest BCUT2D eigenvalue weighted by Gasteiger charge is -2.22. The molecular weight excluding hydrogens is 356 g/mol. The van der Waals surface area contributed by atoms with Crippen molar-refractivity contribution < 1.29 is 4.79 Å². The molecule has 1 saturated heterocycles. The van der Waals surface area contributed by atoms with Gasteiger partial charge in [0.1, 0.15) is 11.7 Å². The summed E-state index contributed by atoms with van der Waals surface area (Å²) in [6, 6.07) is 4.76. The van der Waals surface area contributed by atoms with Crippen LogP contribution in [-0.2, 0) is 11.3 Å². The third kappa shape index (κ3) is 4.80. The minimum absolute atomic E-state index is 0.162. The molecule has 0 spiro atoms. The molecule has 2 aromatic heterocycles. The van der Waals surface area contributed by atoms with E-state index in [9.17, 15) is 9.59 Å². The predicted octanol–water partition coefficient (Wildman–Crippen LogP) is 1.07. The van der Waals surface area contributed by atoms with E-state index < -0.39 is 0 Å². The predicted molar refractivity (Wildman–Crippen MR) is 101 cm³/mol. The van der Waals surface area contributed by atoms with Crippen LogP contribution in [0.2, 0.25) is 5.15 Å². The Morgan fingerprint density at radius 2 is 2.08 bits per heavy atom. The van der Waals surface area contributed by atoms with Crippen molar-refractivity contribution in [1.82, 2.24) is 19.7 Å². The lowest BCUT2D eigenvalue weighted by Crippen LogP contribution is -2.33. The third-order valence-electron chi connectivity index (χ3n) is 4.24. The number of likely N-dealkylation sites (N-methyl/N-ethyl adjacent to an activating group) is 1. The Labute approximate surface area is 156 Å². The summed E-state index contributed by atoms with van der Waals surface area (Å²) in [6.07, 6.45) is 4.14. The van der Waals surface area contributed by atoms with E-state index >= 15 is 0 Å². The molecule has 26 heavy (non-hydrogen) atoms. The fourth-order valence-electron chi connectivity index (χ4n) is 2.81. The zero-order valence-corrected chi connectivity index (χ0v) is 15.3. The summed E-state index contributed by atoms with van der Waals surface area (Å²) >= 11 is 5.71. The molecule has 0 atom stereocenters. The molecule has 0 bridgehead atoms. The lowest BCUT2D eigenvalue weighted by molar-refractivity contribution is -0.117. The van der Waals surface area contributed by atoms with Gasteiger partial charge in [0.15, 0.2) is 0 Å². The second-order valence-electron chi connectivity index (χ2n) is 6.27. The minimum atomic E-state index is -0.354. The molecular formula is C17H21ClN6O2. The van der Waals surface area contributed by atoms with E-state index in [1.807, 2.05) is 0 Å². The molecule has 3 heterocycles. The number of nitrogens with one attached hydrogen (secondary N) is 1. The second kappa shape index (κ2) is 8.29. The normalized spacial score (nSPS) is 15.5. The van der Waals surface area contributed by atoms with Gasteiger partial charge in [0.2, 0.25) is 5.91 Å². The molecule has 1 N–H and O–H groups in total. The molecule has 0 aliphatic carbocycles. The van der Waals surface area contributed by atoms with Gasteiger partial charge in [-0.2, -0.15) is 5.10 Å². The molecule has 0 radical (unpaired) electrons. The first kappa shape index (κ1) is 18.3. The van der Waals surface area contributed by atoms with Gasteiger partial charge in [-0.1, -0.05) is 11.6 Å². The monoisotopic (exact) mass is 376 g/mol. The fraction of sp³-hybridized carbons (Fsp3) is 0.412. The first-order valence-electron chi connectivity index (χ1n) is 8.43. The number of nitrogens with zero attached hydrogens (tertiary/aromatic N) is 5. The van der Waals surface area contributed by atoms with Crippen molar-refractivity contribution in [3.8, 4) is 0 Å². The van der Waals surface area contributed by atoms with Gasteiger partial charge in [-0.15, -0.1) is 0 Å². The van der Waals surface area contributed by atoms with Crippen LogP contribution in [0.25, 0.3) is 0 Å². The number of carbonyl (C=O) groups is 1. The van der Waals surface area contributed by atoms with Gasteiger partial charge >= 0.3 is 0 Å². The third-order valence-corrected chi connectivity index (χ3v) is 4.47. The average Bonchev–Trinajstić information content (AvgIpc) is 2.83. The molecule has 0 aromatic carbocycles. The maximum atomic E-state index is 12.3. The van der Waals surface area contributed by atoms with E-state index in [4.69, 9.17) is 11.6 Å². The summed E-state index contributed by atoms with van der Waals surface area (Å²) in [6.45, 7) is 3.57. The van der Waals surface area contributed by atoms with Crippen molar-refractivity contribution >= 4 is 28.9 Å². The fourth-order valence-corrected chi connectivity index (χ4v) is 2.92. The standard InChI is InChI=1S/C17H21ClN6O2/c1-22-5-2-6-23(8-7-22)14-9-17(26)24(20-11-14)12-16(25)21-13-3-4-15(18)19-10-13/h3-4,9-11H,2,5-8,12H2,1H3,(H,21,25). The zero-order chi connectivity index (χ0) is 18.5. The molecule has 3 rings (SSSR count). The maximum Gasteiger partial charge on any atom is 0.269 e. The van der Waals surface area contributed by atoms with Crippen molar-refractivity contribution in [3.05, 3.63) is 46.1 Å². The topological polar surface area (TPSA) is 83.4 Å². The van der Waals surface area contributed by atoms with Crippen molar-refractivity contribution in [1.29, 1.82) is 0 Å². The number of pyridine rings is 1. The number of carbonyl (C=O) groups excluding carboxylic acids is 1. The Balaban J connectivity index is 1.64. The molecule has 1 aliphatic rings. The maximum absolute atomic E-state index is 12.3. The summed E-state index contributed by atoms with van der Waals surface area (Å²) in [5.74, 6) is -0.354. The Kier molecular flexibility index (Phi) is 5.85. The first-order chi connectivity index (χ1) is 12.5. The van der Waals surface area contributed by atoms with Gasteiger partial charge in [0, 0.05) is 25.7 Å². The quantitative estimate of drug-likeness (QED) is 0.804. The molecule has 0 unspecified atom stereocenters. The molecule has 2 aromatic rings. The van der Waals surface area contributed by atoms with E-state index in [1.54, 1.807) is 18.3 Å². The van der Waals surface area contributed by atoms with Crippen LogP contribution in [0.4, 0.5) is 11.4 Å². The van der Waals surface area contributed by atoms with Crippen molar-refractivity contribution in [2.24, 2.45) is 0 Å². The first-order valence-corrected chi connectivity index (χ1v) is 8.81. The van der Waals surface area contributed by atoms with Crippen LogP contribution in [0.5, 0.6) is 0 Å². The van der Waals surface area contributed by atoms with Crippen molar-refractivity contribution in [2.45, 2.75) is 13.0 Å². The zero-order valence-electron chi connectivity index (χ0n) is 14.6. The van der Waals surface area contributed by atoms with Gasteiger partial charge in [0.25, 0.3) is 5.56 Å². The number of aromatic nitrogens is 3. The number of anilines is 2. The van der Waals surface area contributed by atoms with E-state index in [-0.39, 0.29) is 18.0 Å². The van der Waals surface area contributed by atoms with Crippen LogP contribution in [0, 0.1) is 0 Å². The summed E-state index contributed by atoms with van der Waals surface area (Å²) in [7, 11) is 2.09. The van der Waals surface area contributed by atoms with E-state index in [1.165, 1.54) is 12.3 Å². The highest BCUT2D eigenvalue weighted by molar-refractivity contribution is 6.29. The van der Waals surface area contributed by atoms with Gasteiger partial charge in [-0.3, -0.25) is 9.59 Å². The highest BCUT2D eigenvalue weighted by atomic mass is 35.5. The van der Waals surface area contributed by atoms with Crippen LogP contribution in [0.1, 0.15) is 6.42 Å². The van der Waals surface area contributed by atoms with E-state index in [0.717, 1.165) is 43.0 Å². The highest BCUT2D eigenvalue weighted by Gasteiger charge is 2.14.